The molecule has 0 bridgehead atoms. The zero-order valence-corrected chi connectivity index (χ0v) is 9.77. The molecule has 0 aromatic heterocycles. The van der Waals surface area contributed by atoms with E-state index in [1.54, 1.807) is 6.07 Å². The second-order valence-corrected chi connectivity index (χ2v) is 4.27. The number of rotatable bonds is 0. The molecule has 3 nitrogen and oxygen atoms in total. The molecular formula is C14H12N2O. The number of aryl methyl sites for hydroxylation is 2. The van der Waals surface area contributed by atoms with E-state index in [2.05, 4.69) is 4.98 Å². The molecule has 0 atom stereocenters. The minimum atomic E-state index is 0.0604. The Labute approximate surface area is 98.7 Å². The van der Waals surface area contributed by atoms with E-state index in [-0.39, 0.29) is 5.43 Å². The van der Waals surface area contributed by atoms with Crippen LogP contribution in [0.4, 0.5) is 0 Å². The third-order valence-corrected chi connectivity index (χ3v) is 3.12. The van der Waals surface area contributed by atoms with E-state index in [1.165, 1.54) is 0 Å². The van der Waals surface area contributed by atoms with Crippen molar-refractivity contribution in [2.75, 3.05) is 0 Å². The van der Waals surface area contributed by atoms with E-state index in [0.29, 0.717) is 0 Å². The van der Waals surface area contributed by atoms with E-state index in [0.717, 1.165) is 28.0 Å². The van der Waals surface area contributed by atoms with Crippen LogP contribution in [0.15, 0.2) is 41.2 Å². The number of hydrogen-bond donors (Lipinski definition) is 0. The van der Waals surface area contributed by atoms with Gasteiger partial charge in [0.1, 0.15) is 0 Å². The fraction of sp³-hybridized carbons (Fsp3) is 0.143. The SMILES string of the molecule is Cc1cc2nc3ccccc3n(C)c-2cc1=O. The van der Waals surface area contributed by atoms with E-state index in [4.69, 9.17) is 0 Å². The van der Waals surface area contributed by atoms with Crippen LogP contribution in [-0.2, 0) is 7.05 Å². The van der Waals surface area contributed by atoms with Crippen molar-refractivity contribution < 1.29 is 0 Å². The summed E-state index contributed by atoms with van der Waals surface area (Å²) in [5, 5.41) is 0. The molecule has 0 fully saturated rings. The highest BCUT2D eigenvalue weighted by molar-refractivity contribution is 5.80. The Balaban J connectivity index is 2.56. The first-order chi connectivity index (χ1) is 8.16. The van der Waals surface area contributed by atoms with Gasteiger partial charge < -0.3 is 4.57 Å². The van der Waals surface area contributed by atoms with Crippen LogP contribution in [0.25, 0.3) is 22.4 Å². The summed E-state index contributed by atoms with van der Waals surface area (Å²) >= 11 is 0. The van der Waals surface area contributed by atoms with Gasteiger partial charge in [-0.25, -0.2) is 4.98 Å². The van der Waals surface area contributed by atoms with Crippen LogP contribution in [0.5, 0.6) is 0 Å². The number of hydrogen-bond acceptors (Lipinski definition) is 2. The van der Waals surface area contributed by atoms with Gasteiger partial charge in [0.2, 0.25) is 0 Å². The van der Waals surface area contributed by atoms with Crippen molar-refractivity contribution in [2.45, 2.75) is 6.92 Å². The van der Waals surface area contributed by atoms with Gasteiger partial charge in [0.05, 0.1) is 22.4 Å². The quantitative estimate of drug-likeness (QED) is 0.549. The first kappa shape index (κ1) is 10.0. The average Bonchev–Trinajstić information content (AvgIpc) is 2.32. The second-order valence-electron chi connectivity index (χ2n) is 4.27. The molecule has 0 radical (unpaired) electrons. The van der Waals surface area contributed by atoms with Gasteiger partial charge in [-0.3, -0.25) is 4.79 Å². The third-order valence-electron chi connectivity index (χ3n) is 3.12. The Morgan fingerprint density at radius 2 is 1.94 bits per heavy atom. The molecule has 0 saturated heterocycles. The largest absolute Gasteiger partial charge is 0.341 e. The molecule has 0 unspecified atom stereocenters. The zero-order valence-electron chi connectivity index (χ0n) is 9.77. The maximum Gasteiger partial charge on any atom is 0.183 e. The highest BCUT2D eigenvalue weighted by Crippen LogP contribution is 2.23. The van der Waals surface area contributed by atoms with Crippen molar-refractivity contribution in [3.8, 4) is 11.4 Å². The first-order valence-electron chi connectivity index (χ1n) is 5.53. The van der Waals surface area contributed by atoms with Gasteiger partial charge in [-0.05, 0) is 30.7 Å². The summed E-state index contributed by atoms with van der Waals surface area (Å²) in [5.41, 5.74) is 4.51. The number of fused-ring (bicyclic) bond motifs is 2. The van der Waals surface area contributed by atoms with Crippen molar-refractivity contribution in [3.05, 3.63) is 52.2 Å². The lowest BCUT2D eigenvalue weighted by Gasteiger charge is -2.14. The minimum absolute atomic E-state index is 0.0604. The van der Waals surface area contributed by atoms with E-state index in [1.807, 2.05) is 48.9 Å². The maximum atomic E-state index is 11.7. The van der Waals surface area contributed by atoms with Gasteiger partial charge in [-0.2, -0.15) is 0 Å². The summed E-state index contributed by atoms with van der Waals surface area (Å²) < 4.78 is 2.01. The molecule has 0 amide bonds. The molecule has 1 heterocycles. The zero-order chi connectivity index (χ0) is 12.0. The minimum Gasteiger partial charge on any atom is -0.341 e. The molecule has 1 aromatic rings. The summed E-state index contributed by atoms with van der Waals surface area (Å²) in [4.78, 5) is 16.3. The lowest BCUT2D eigenvalue weighted by Crippen LogP contribution is -2.10. The predicted octanol–water partition coefficient (Wildman–Crippen LogP) is 2.35. The molecule has 1 aromatic carbocycles. The van der Waals surface area contributed by atoms with Gasteiger partial charge in [0.15, 0.2) is 5.43 Å². The number of aromatic nitrogens is 2. The van der Waals surface area contributed by atoms with E-state index < -0.39 is 0 Å². The van der Waals surface area contributed by atoms with Crippen molar-refractivity contribution in [2.24, 2.45) is 7.05 Å². The smallest absolute Gasteiger partial charge is 0.183 e. The second kappa shape index (κ2) is 3.42. The molecule has 1 aliphatic carbocycles. The Hall–Kier alpha value is -2.16. The molecule has 3 rings (SSSR count). The van der Waals surface area contributed by atoms with Crippen LogP contribution in [0.2, 0.25) is 0 Å². The van der Waals surface area contributed by atoms with Crippen LogP contribution >= 0.6 is 0 Å². The summed E-state index contributed by atoms with van der Waals surface area (Å²) in [6.07, 6.45) is 0. The molecule has 2 aliphatic rings. The maximum absolute atomic E-state index is 11.7. The van der Waals surface area contributed by atoms with Crippen LogP contribution in [0.3, 0.4) is 0 Å². The van der Waals surface area contributed by atoms with Crippen LogP contribution in [-0.4, -0.2) is 9.55 Å². The summed E-state index contributed by atoms with van der Waals surface area (Å²) in [6.45, 7) is 1.82. The van der Waals surface area contributed by atoms with Crippen LogP contribution in [0, 0.1) is 6.92 Å². The monoisotopic (exact) mass is 224 g/mol. The fourth-order valence-corrected chi connectivity index (χ4v) is 2.12. The van der Waals surface area contributed by atoms with Crippen molar-refractivity contribution in [1.29, 1.82) is 0 Å². The fourth-order valence-electron chi connectivity index (χ4n) is 2.12. The van der Waals surface area contributed by atoms with E-state index >= 15 is 0 Å². The van der Waals surface area contributed by atoms with Crippen molar-refractivity contribution in [3.63, 3.8) is 0 Å². The average molecular weight is 224 g/mol. The lowest BCUT2D eigenvalue weighted by atomic mass is 10.1. The molecule has 0 N–H and O–H groups in total. The first-order valence-corrected chi connectivity index (χ1v) is 5.53. The third kappa shape index (κ3) is 1.43. The van der Waals surface area contributed by atoms with Gasteiger partial charge in [0, 0.05) is 13.1 Å². The summed E-state index contributed by atoms with van der Waals surface area (Å²) in [7, 11) is 1.96. The predicted molar refractivity (Wildman–Crippen MR) is 68.3 cm³/mol. The van der Waals surface area contributed by atoms with Crippen molar-refractivity contribution in [1.82, 2.24) is 9.55 Å². The van der Waals surface area contributed by atoms with Gasteiger partial charge in [0.25, 0.3) is 0 Å². The molecule has 0 spiro atoms. The summed E-state index contributed by atoms with van der Waals surface area (Å²) in [6, 6.07) is 11.4. The number of benzene rings is 2. The molecular weight excluding hydrogens is 212 g/mol. The van der Waals surface area contributed by atoms with Crippen LogP contribution < -0.4 is 5.43 Å². The highest BCUT2D eigenvalue weighted by atomic mass is 16.1. The molecule has 17 heavy (non-hydrogen) atoms. The molecule has 1 aliphatic heterocycles. The molecule has 0 saturated carbocycles. The van der Waals surface area contributed by atoms with Crippen LogP contribution in [0.1, 0.15) is 5.56 Å². The summed E-state index contributed by atoms with van der Waals surface area (Å²) in [5.74, 6) is 0. The topological polar surface area (TPSA) is 34.9 Å². The lowest BCUT2D eigenvalue weighted by molar-refractivity contribution is 0.944. The molecule has 3 heteroatoms. The Kier molecular flexibility index (Phi) is 2.01. The molecule has 84 valence electrons. The standard InChI is InChI=1S/C14H12N2O/c1-9-7-11-13(8-14(9)17)16(2)12-6-4-3-5-10(12)15-11/h3-8H,1-2H3. The van der Waals surface area contributed by atoms with E-state index in [9.17, 15) is 4.79 Å². The number of para-hydroxylation sites is 2. The Morgan fingerprint density at radius 1 is 1.18 bits per heavy atom. The Morgan fingerprint density at radius 3 is 2.76 bits per heavy atom. The normalized spacial score (nSPS) is 11.2. The van der Waals surface area contributed by atoms with Gasteiger partial charge in [-0.1, -0.05) is 12.1 Å². The Bertz CT molecular complexity index is 743. The van der Waals surface area contributed by atoms with Gasteiger partial charge >= 0.3 is 0 Å². The number of nitrogens with zero attached hydrogens (tertiary/aromatic N) is 2. The van der Waals surface area contributed by atoms with Crippen molar-refractivity contribution >= 4 is 11.0 Å². The van der Waals surface area contributed by atoms with Gasteiger partial charge in [-0.15, -0.1) is 0 Å². The highest BCUT2D eigenvalue weighted by Gasteiger charge is 2.11.